The number of rotatable bonds is 6. The lowest BCUT2D eigenvalue weighted by atomic mass is 9.95. The Hall–Kier alpha value is -1.09. The largest absolute Gasteiger partial charge is 0.352 e. The first-order valence-electron chi connectivity index (χ1n) is 6.40. The average molecular weight is 272 g/mol. The molecule has 1 fully saturated rings. The summed E-state index contributed by atoms with van der Waals surface area (Å²) in [7, 11) is -3.37. The minimum absolute atomic E-state index is 0.0847. The number of carbonyl (C=O) groups excluding carboxylic acids is 1. The van der Waals surface area contributed by atoms with Gasteiger partial charge in [0.15, 0.2) is 9.84 Å². The quantitative estimate of drug-likeness (QED) is 0.735. The van der Waals surface area contributed by atoms with Crippen LogP contribution in [0.2, 0.25) is 0 Å². The van der Waals surface area contributed by atoms with Gasteiger partial charge in [0.25, 0.3) is 0 Å². The maximum absolute atomic E-state index is 11.6. The molecule has 102 valence electrons. The summed E-state index contributed by atoms with van der Waals surface area (Å²) in [5, 5.41) is 11.1. The van der Waals surface area contributed by atoms with Crippen LogP contribution in [0.25, 0.3) is 0 Å². The normalized spacial score (nSPS) is 17.1. The van der Waals surface area contributed by atoms with E-state index in [9.17, 15) is 13.2 Å². The fraction of sp³-hybridized carbons (Fsp3) is 0.833. The second kappa shape index (κ2) is 7.37. The zero-order valence-electron chi connectivity index (χ0n) is 10.5. The molecule has 1 saturated carbocycles. The maximum Gasteiger partial charge on any atom is 0.235 e. The van der Waals surface area contributed by atoms with Gasteiger partial charge in [-0.3, -0.25) is 4.79 Å². The Morgan fingerprint density at radius 1 is 1.28 bits per heavy atom. The van der Waals surface area contributed by atoms with Gasteiger partial charge in [-0.15, -0.1) is 0 Å². The topological polar surface area (TPSA) is 87.0 Å². The summed E-state index contributed by atoms with van der Waals surface area (Å²) >= 11 is 0. The molecule has 18 heavy (non-hydrogen) atoms. The third kappa shape index (κ3) is 6.01. The van der Waals surface area contributed by atoms with Gasteiger partial charge in [-0.05, 0) is 19.3 Å². The minimum atomic E-state index is -3.37. The van der Waals surface area contributed by atoms with Gasteiger partial charge in [0.05, 0.1) is 11.8 Å². The fourth-order valence-corrected chi connectivity index (χ4v) is 3.37. The third-order valence-corrected chi connectivity index (χ3v) is 4.68. The Kier molecular flexibility index (Phi) is 6.13. The standard InChI is InChI=1S/C12H20N2O3S/c13-8-4-5-9-18(16,17)10-12(15)14-11-6-2-1-3-7-11/h11H,1-7,9-10H2,(H,14,15). The van der Waals surface area contributed by atoms with Gasteiger partial charge >= 0.3 is 0 Å². The monoisotopic (exact) mass is 272 g/mol. The first kappa shape index (κ1) is 15.0. The first-order valence-corrected chi connectivity index (χ1v) is 8.22. The molecule has 0 aliphatic heterocycles. The number of unbranched alkanes of at least 4 members (excludes halogenated alkanes) is 1. The molecule has 0 atom stereocenters. The molecular formula is C12H20N2O3S. The van der Waals surface area contributed by atoms with E-state index in [-0.39, 0.29) is 18.2 Å². The molecule has 0 saturated heterocycles. The van der Waals surface area contributed by atoms with E-state index in [1.54, 1.807) is 0 Å². The smallest absolute Gasteiger partial charge is 0.235 e. The van der Waals surface area contributed by atoms with Crippen molar-refractivity contribution in [3.8, 4) is 6.07 Å². The summed E-state index contributed by atoms with van der Waals surface area (Å²) in [5.74, 6) is -0.938. The molecule has 0 heterocycles. The number of hydrogen-bond donors (Lipinski definition) is 1. The lowest BCUT2D eigenvalue weighted by Crippen LogP contribution is -2.39. The van der Waals surface area contributed by atoms with Crippen LogP contribution in [0.1, 0.15) is 44.9 Å². The molecule has 0 aromatic carbocycles. The maximum atomic E-state index is 11.6. The predicted octanol–water partition coefficient (Wildman–Crippen LogP) is 1.15. The van der Waals surface area contributed by atoms with Gasteiger partial charge in [-0.1, -0.05) is 19.3 Å². The summed E-state index contributed by atoms with van der Waals surface area (Å²) in [6, 6.07) is 2.03. The van der Waals surface area contributed by atoms with Gasteiger partial charge in [0.2, 0.25) is 5.91 Å². The predicted molar refractivity (Wildman–Crippen MR) is 68.5 cm³/mol. The molecule has 0 aromatic rings. The molecule has 1 N–H and O–H groups in total. The van der Waals surface area contributed by atoms with E-state index < -0.39 is 21.5 Å². The fourth-order valence-electron chi connectivity index (χ4n) is 2.16. The van der Waals surface area contributed by atoms with Crippen molar-refractivity contribution in [2.45, 2.75) is 51.0 Å². The highest BCUT2D eigenvalue weighted by molar-refractivity contribution is 7.92. The van der Waals surface area contributed by atoms with Gasteiger partial charge in [0.1, 0.15) is 5.75 Å². The number of amides is 1. The van der Waals surface area contributed by atoms with Crippen molar-refractivity contribution in [3.63, 3.8) is 0 Å². The highest BCUT2D eigenvalue weighted by Gasteiger charge is 2.20. The van der Waals surface area contributed by atoms with E-state index in [0.29, 0.717) is 6.42 Å². The minimum Gasteiger partial charge on any atom is -0.352 e. The first-order chi connectivity index (χ1) is 8.53. The molecule has 0 radical (unpaired) electrons. The van der Waals surface area contributed by atoms with E-state index >= 15 is 0 Å². The van der Waals surface area contributed by atoms with Gasteiger partial charge in [-0.2, -0.15) is 5.26 Å². The molecular weight excluding hydrogens is 252 g/mol. The molecule has 1 aliphatic rings. The summed E-state index contributed by atoms with van der Waals surface area (Å²) in [5.41, 5.74) is 0. The van der Waals surface area contributed by atoms with E-state index in [0.717, 1.165) is 25.7 Å². The van der Waals surface area contributed by atoms with Crippen LogP contribution in [0.15, 0.2) is 0 Å². The number of hydrogen-bond acceptors (Lipinski definition) is 4. The molecule has 1 amide bonds. The molecule has 0 bridgehead atoms. The van der Waals surface area contributed by atoms with Crippen molar-refractivity contribution in [2.75, 3.05) is 11.5 Å². The zero-order chi connectivity index (χ0) is 13.4. The molecule has 1 aliphatic carbocycles. The number of sulfone groups is 1. The van der Waals surface area contributed by atoms with Crippen molar-refractivity contribution in [2.24, 2.45) is 0 Å². The summed E-state index contributed by atoms with van der Waals surface area (Å²) in [6.45, 7) is 0. The Labute approximate surface area is 108 Å². The molecule has 0 spiro atoms. The second-order valence-corrected chi connectivity index (χ2v) is 6.94. The number of nitriles is 1. The summed E-state index contributed by atoms with van der Waals surface area (Å²) in [6.07, 6.45) is 5.79. The second-order valence-electron chi connectivity index (χ2n) is 4.76. The molecule has 1 rings (SSSR count). The molecule has 5 nitrogen and oxygen atoms in total. The highest BCUT2D eigenvalue weighted by atomic mass is 32.2. The third-order valence-electron chi connectivity index (χ3n) is 3.07. The van der Waals surface area contributed by atoms with Crippen molar-refractivity contribution in [1.29, 1.82) is 5.26 Å². The van der Waals surface area contributed by atoms with E-state index in [1.165, 1.54) is 6.42 Å². The van der Waals surface area contributed by atoms with Crippen LogP contribution in [0, 0.1) is 11.3 Å². The van der Waals surface area contributed by atoms with Crippen molar-refractivity contribution in [3.05, 3.63) is 0 Å². The van der Waals surface area contributed by atoms with Crippen molar-refractivity contribution < 1.29 is 13.2 Å². The molecule has 0 aromatic heterocycles. The summed E-state index contributed by atoms with van der Waals surface area (Å²) in [4.78, 5) is 11.6. The van der Waals surface area contributed by atoms with Crippen molar-refractivity contribution >= 4 is 15.7 Å². The number of carbonyl (C=O) groups is 1. The number of nitrogens with zero attached hydrogens (tertiary/aromatic N) is 1. The SMILES string of the molecule is N#CCCCS(=O)(=O)CC(=O)NC1CCCCC1. The van der Waals surface area contributed by atoms with Crippen LogP contribution in [0.3, 0.4) is 0 Å². The van der Waals surface area contributed by atoms with E-state index in [2.05, 4.69) is 5.32 Å². The van der Waals surface area contributed by atoms with E-state index in [4.69, 9.17) is 5.26 Å². The summed E-state index contributed by atoms with van der Waals surface area (Å²) < 4.78 is 23.2. The lowest BCUT2D eigenvalue weighted by Gasteiger charge is -2.22. The van der Waals surface area contributed by atoms with Crippen molar-refractivity contribution in [1.82, 2.24) is 5.32 Å². The molecule has 0 unspecified atom stereocenters. The van der Waals surface area contributed by atoms with E-state index in [1.807, 2.05) is 6.07 Å². The van der Waals surface area contributed by atoms with Crippen LogP contribution in [0.4, 0.5) is 0 Å². The Balaban J connectivity index is 2.31. The van der Waals surface area contributed by atoms with Crippen LogP contribution in [-0.2, 0) is 14.6 Å². The Morgan fingerprint density at radius 3 is 2.56 bits per heavy atom. The zero-order valence-corrected chi connectivity index (χ0v) is 11.3. The van der Waals surface area contributed by atoms with Crippen LogP contribution >= 0.6 is 0 Å². The lowest BCUT2D eigenvalue weighted by molar-refractivity contribution is -0.119. The number of nitrogens with one attached hydrogen (secondary N) is 1. The Bertz CT molecular complexity index is 406. The highest BCUT2D eigenvalue weighted by Crippen LogP contribution is 2.17. The van der Waals surface area contributed by atoms with Gasteiger partial charge in [-0.25, -0.2) is 8.42 Å². The average Bonchev–Trinajstić information content (AvgIpc) is 2.29. The molecule has 6 heteroatoms. The van der Waals surface area contributed by atoms with Crippen LogP contribution < -0.4 is 5.32 Å². The Morgan fingerprint density at radius 2 is 1.94 bits per heavy atom. The van der Waals surface area contributed by atoms with Crippen LogP contribution in [0.5, 0.6) is 0 Å². The van der Waals surface area contributed by atoms with Crippen LogP contribution in [-0.4, -0.2) is 31.9 Å². The van der Waals surface area contributed by atoms with Gasteiger partial charge < -0.3 is 5.32 Å². The van der Waals surface area contributed by atoms with Gasteiger partial charge in [0, 0.05) is 12.5 Å².